The number of nitrogens with one attached hydrogen (secondary N) is 1. The average molecular weight is 359 g/mol. The predicted octanol–water partition coefficient (Wildman–Crippen LogP) is 1.44. The summed E-state index contributed by atoms with van der Waals surface area (Å²) in [7, 11) is 1.65. The zero-order chi connectivity index (χ0) is 18.4. The van der Waals surface area contributed by atoms with Crippen molar-refractivity contribution in [3.63, 3.8) is 0 Å². The smallest absolute Gasteiger partial charge is 0.239 e. The Balaban J connectivity index is 1.46. The molecule has 1 atom stereocenters. The highest BCUT2D eigenvalue weighted by atomic mass is 16.5. The Morgan fingerprint density at radius 1 is 1.08 bits per heavy atom. The van der Waals surface area contributed by atoms with Crippen LogP contribution in [0.15, 0.2) is 24.3 Å². The van der Waals surface area contributed by atoms with Crippen LogP contribution in [0.4, 0.5) is 0 Å². The second kappa shape index (κ2) is 9.03. The van der Waals surface area contributed by atoms with Gasteiger partial charge in [-0.15, -0.1) is 0 Å². The molecule has 26 heavy (non-hydrogen) atoms. The Bertz CT molecular complexity index is 611. The topological polar surface area (TPSA) is 61.9 Å². The second-order valence-corrected chi connectivity index (χ2v) is 7.06. The Morgan fingerprint density at radius 2 is 1.81 bits per heavy atom. The van der Waals surface area contributed by atoms with Gasteiger partial charge in [-0.25, -0.2) is 0 Å². The first-order valence-corrected chi connectivity index (χ1v) is 9.60. The first kappa shape index (κ1) is 18.7. The van der Waals surface area contributed by atoms with Crippen LogP contribution in [0.2, 0.25) is 0 Å². The van der Waals surface area contributed by atoms with Crippen molar-refractivity contribution in [2.24, 2.45) is 0 Å². The Labute approximate surface area is 155 Å². The summed E-state index contributed by atoms with van der Waals surface area (Å²) in [4.78, 5) is 29.0. The van der Waals surface area contributed by atoms with Gasteiger partial charge in [-0.3, -0.25) is 9.59 Å². The Morgan fingerprint density at radius 3 is 2.50 bits per heavy atom. The minimum absolute atomic E-state index is 0.0210. The summed E-state index contributed by atoms with van der Waals surface area (Å²) in [6.07, 6.45) is 4.09. The van der Waals surface area contributed by atoms with Gasteiger partial charge in [-0.1, -0.05) is 12.1 Å². The van der Waals surface area contributed by atoms with E-state index in [1.807, 2.05) is 34.1 Å². The van der Waals surface area contributed by atoms with E-state index in [9.17, 15) is 9.59 Å². The number of methoxy groups -OCH3 is 1. The van der Waals surface area contributed by atoms with Crippen LogP contribution in [0.25, 0.3) is 0 Å². The molecule has 2 saturated heterocycles. The van der Waals surface area contributed by atoms with E-state index in [0.717, 1.165) is 56.6 Å². The third kappa shape index (κ3) is 4.75. The zero-order valence-corrected chi connectivity index (χ0v) is 15.6. The summed E-state index contributed by atoms with van der Waals surface area (Å²) in [6.45, 7) is 3.70. The molecule has 6 heteroatoms. The molecule has 6 nitrogen and oxygen atoms in total. The summed E-state index contributed by atoms with van der Waals surface area (Å²) in [5.41, 5.74) is 1.14. The molecule has 2 amide bonds. The van der Waals surface area contributed by atoms with Gasteiger partial charge in [0.1, 0.15) is 5.75 Å². The van der Waals surface area contributed by atoms with E-state index in [4.69, 9.17) is 4.74 Å². The summed E-state index contributed by atoms with van der Waals surface area (Å²) in [6, 6.07) is 7.83. The van der Waals surface area contributed by atoms with Gasteiger partial charge in [0.2, 0.25) is 11.8 Å². The summed E-state index contributed by atoms with van der Waals surface area (Å²) in [5.74, 6) is 1.21. The van der Waals surface area contributed by atoms with E-state index in [-0.39, 0.29) is 17.9 Å². The fourth-order valence-corrected chi connectivity index (χ4v) is 3.70. The average Bonchev–Trinajstić information content (AvgIpc) is 3.10. The van der Waals surface area contributed by atoms with Crippen molar-refractivity contribution in [1.82, 2.24) is 15.1 Å². The molecule has 142 valence electrons. The molecule has 2 aliphatic rings. The number of benzene rings is 1. The van der Waals surface area contributed by atoms with E-state index in [2.05, 4.69) is 5.32 Å². The first-order valence-electron chi connectivity index (χ1n) is 9.60. The third-order valence-corrected chi connectivity index (χ3v) is 5.31. The van der Waals surface area contributed by atoms with Crippen molar-refractivity contribution < 1.29 is 14.3 Å². The molecule has 0 aromatic heterocycles. The van der Waals surface area contributed by atoms with Crippen molar-refractivity contribution in [1.29, 1.82) is 0 Å². The Kier molecular flexibility index (Phi) is 6.50. The fraction of sp³-hybridized carbons (Fsp3) is 0.600. The van der Waals surface area contributed by atoms with Gasteiger partial charge < -0.3 is 19.9 Å². The van der Waals surface area contributed by atoms with E-state index in [1.54, 1.807) is 7.11 Å². The van der Waals surface area contributed by atoms with Crippen molar-refractivity contribution >= 4 is 11.8 Å². The third-order valence-electron chi connectivity index (χ3n) is 5.31. The van der Waals surface area contributed by atoms with Gasteiger partial charge >= 0.3 is 0 Å². The number of ether oxygens (including phenoxy) is 1. The van der Waals surface area contributed by atoms with Crippen LogP contribution in [0.1, 0.15) is 31.2 Å². The largest absolute Gasteiger partial charge is 0.497 e. The van der Waals surface area contributed by atoms with Crippen molar-refractivity contribution in [3.05, 3.63) is 29.8 Å². The summed E-state index contributed by atoms with van der Waals surface area (Å²) in [5, 5.41) is 3.27. The van der Waals surface area contributed by atoms with Crippen molar-refractivity contribution in [2.75, 3.05) is 39.8 Å². The number of aryl methyl sites for hydroxylation is 1. The van der Waals surface area contributed by atoms with Gasteiger partial charge in [0.05, 0.1) is 13.2 Å². The fourth-order valence-electron chi connectivity index (χ4n) is 3.70. The number of carbonyl (C=O) groups excluding carboxylic acids is 2. The lowest BCUT2D eigenvalue weighted by atomic mass is 10.1. The first-order chi connectivity index (χ1) is 12.7. The van der Waals surface area contributed by atoms with E-state index in [1.165, 1.54) is 0 Å². The van der Waals surface area contributed by atoms with Crippen LogP contribution in [0.3, 0.4) is 0 Å². The molecule has 0 saturated carbocycles. The molecule has 1 N–H and O–H groups in total. The number of amides is 2. The molecule has 2 heterocycles. The van der Waals surface area contributed by atoms with Crippen LogP contribution in [-0.4, -0.2) is 67.5 Å². The number of carbonyl (C=O) groups is 2. The van der Waals surface area contributed by atoms with Gasteiger partial charge in [0, 0.05) is 32.6 Å². The zero-order valence-electron chi connectivity index (χ0n) is 15.6. The van der Waals surface area contributed by atoms with Gasteiger partial charge in [-0.2, -0.15) is 0 Å². The minimum Gasteiger partial charge on any atom is -0.497 e. The molecule has 0 aliphatic carbocycles. The van der Waals surface area contributed by atoms with E-state index in [0.29, 0.717) is 19.5 Å². The molecule has 2 fully saturated rings. The van der Waals surface area contributed by atoms with Crippen LogP contribution < -0.4 is 10.1 Å². The molecule has 1 aromatic carbocycles. The van der Waals surface area contributed by atoms with Crippen molar-refractivity contribution in [2.45, 2.75) is 38.1 Å². The summed E-state index contributed by atoms with van der Waals surface area (Å²) < 4.78 is 5.16. The van der Waals surface area contributed by atoms with Crippen LogP contribution in [0.5, 0.6) is 5.75 Å². The lowest BCUT2D eigenvalue weighted by Crippen LogP contribution is -2.45. The molecule has 0 bridgehead atoms. The van der Waals surface area contributed by atoms with Crippen LogP contribution in [-0.2, 0) is 16.0 Å². The number of hydrogen-bond donors (Lipinski definition) is 1. The lowest BCUT2D eigenvalue weighted by molar-refractivity contribution is -0.134. The van der Waals surface area contributed by atoms with E-state index >= 15 is 0 Å². The maximum Gasteiger partial charge on any atom is 0.239 e. The van der Waals surface area contributed by atoms with Gasteiger partial charge in [0.25, 0.3) is 0 Å². The van der Waals surface area contributed by atoms with Crippen LogP contribution >= 0.6 is 0 Å². The number of nitrogens with zero attached hydrogens (tertiary/aromatic N) is 2. The van der Waals surface area contributed by atoms with Gasteiger partial charge in [0.15, 0.2) is 0 Å². The monoisotopic (exact) mass is 359 g/mol. The maximum absolute atomic E-state index is 12.6. The molecule has 2 aliphatic heterocycles. The quantitative estimate of drug-likeness (QED) is 0.864. The highest BCUT2D eigenvalue weighted by molar-refractivity contribution is 5.82. The highest BCUT2D eigenvalue weighted by Crippen LogP contribution is 2.15. The molecule has 3 rings (SSSR count). The predicted molar refractivity (Wildman–Crippen MR) is 100 cm³/mol. The number of rotatable bonds is 5. The minimum atomic E-state index is -0.0210. The van der Waals surface area contributed by atoms with E-state index < -0.39 is 0 Å². The molecular weight excluding hydrogens is 330 g/mol. The molecular formula is C20H29N3O3. The second-order valence-electron chi connectivity index (χ2n) is 7.06. The Hall–Kier alpha value is -2.08. The lowest BCUT2D eigenvalue weighted by Gasteiger charge is -2.24. The molecule has 1 aromatic rings. The van der Waals surface area contributed by atoms with Gasteiger partial charge in [-0.05, 0) is 49.9 Å². The molecule has 0 spiro atoms. The SMILES string of the molecule is COc1ccc(CCC(=O)N2CCCN(C(=O)C3CCCN3)CC2)cc1. The summed E-state index contributed by atoms with van der Waals surface area (Å²) >= 11 is 0. The van der Waals surface area contributed by atoms with Crippen LogP contribution in [0, 0.1) is 0 Å². The van der Waals surface area contributed by atoms with Crippen molar-refractivity contribution in [3.8, 4) is 5.75 Å². The molecule has 0 radical (unpaired) electrons. The normalized spacial score (nSPS) is 20.7. The maximum atomic E-state index is 12.6. The molecule has 1 unspecified atom stereocenters. The highest BCUT2D eigenvalue weighted by Gasteiger charge is 2.28. The standard InChI is InChI=1S/C20H29N3O3/c1-26-17-8-5-16(6-9-17)7-10-19(24)22-12-3-13-23(15-14-22)20(25)18-4-2-11-21-18/h5-6,8-9,18,21H,2-4,7,10-15H2,1H3. The number of hydrogen-bond acceptors (Lipinski definition) is 4.